The molecule has 2 aromatic rings. The van der Waals surface area contributed by atoms with Crippen LogP contribution in [0.2, 0.25) is 0 Å². The first kappa shape index (κ1) is 20.7. The Hall–Kier alpha value is -2.57. The van der Waals surface area contributed by atoms with Crippen molar-refractivity contribution in [1.29, 1.82) is 0 Å². The number of nitrogens with zero attached hydrogens (tertiary/aromatic N) is 2. The average molecular weight is 376 g/mol. The molecule has 0 saturated carbocycles. The van der Waals surface area contributed by atoms with Crippen LogP contribution in [-0.4, -0.2) is 20.7 Å². The highest BCUT2D eigenvalue weighted by molar-refractivity contribution is 5.89. The summed E-state index contributed by atoms with van der Waals surface area (Å²) in [5, 5.41) is 22.0. The molecule has 2 rings (SSSR count). The van der Waals surface area contributed by atoms with Gasteiger partial charge >= 0.3 is 0 Å². The highest BCUT2D eigenvalue weighted by Crippen LogP contribution is 2.34. The normalized spacial score (nSPS) is 11.3. The topological polar surface area (TPSA) is 94.6 Å². The Bertz CT molecular complexity index is 858. The van der Waals surface area contributed by atoms with Crippen molar-refractivity contribution in [3.05, 3.63) is 38.7 Å². The minimum atomic E-state index is -0.505. The van der Waals surface area contributed by atoms with Crippen LogP contribution in [-0.2, 0) is 6.54 Å². The third kappa shape index (κ3) is 4.99. The lowest BCUT2D eigenvalue weighted by Crippen LogP contribution is -2.24. The van der Waals surface area contributed by atoms with Crippen LogP contribution >= 0.6 is 0 Å². The Morgan fingerprint density at radius 2 is 1.85 bits per heavy atom. The Morgan fingerprint density at radius 1 is 1.19 bits per heavy atom. The Labute approximate surface area is 158 Å². The molecule has 0 amide bonds. The van der Waals surface area contributed by atoms with Gasteiger partial charge in [0.05, 0.1) is 16.5 Å². The summed E-state index contributed by atoms with van der Waals surface area (Å²) >= 11 is 0. The van der Waals surface area contributed by atoms with Crippen LogP contribution in [0.5, 0.6) is 11.5 Å². The lowest BCUT2D eigenvalue weighted by molar-refractivity contribution is -0.384. The van der Waals surface area contributed by atoms with Gasteiger partial charge in [0.2, 0.25) is 5.75 Å². The molecule has 0 spiro atoms. The van der Waals surface area contributed by atoms with E-state index in [2.05, 4.69) is 6.92 Å². The van der Waals surface area contributed by atoms with Crippen molar-refractivity contribution in [3.8, 4) is 11.5 Å². The summed E-state index contributed by atoms with van der Waals surface area (Å²) in [7, 11) is 0. The first-order valence-corrected chi connectivity index (χ1v) is 9.57. The van der Waals surface area contributed by atoms with Crippen LogP contribution in [0.1, 0.15) is 59.3 Å². The summed E-state index contributed by atoms with van der Waals surface area (Å²) in [6, 6.07) is 4.13. The molecular weight excluding hydrogens is 348 g/mol. The van der Waals surface area contributed by atoms with Crippen molar-refractivity contribution in [2.75, 3.05) is 0 Å². The summed E-state index contributed by atoms with van der Waals surface area (Å²) in [5.41, 5.74) is -0.213. The van der Waals surface area contributed by atoms with Crippen molar-refractivity contribution < 1.29 is 14.8 Å². The number of unbranched alkanes of at least 4 members (excludes halogenated alkanes) is 5. The third-order valence-corrected chi connectivity index (χ3v) is 4.48. The number of hydrogen-bond donors (Lipinski definition) is 1. The van der Waals surface area contributed by atoms with Crippen LogP contribution in [0.4, 0.5) is 5.69 Å². The number of nitro benzene ring substituents is 1. The Kier molecular flexibility index (Phi) is 7.21. The van der Waals surface area contributed by atoms with Gasteiger partial charge in [0.1, 0.15) is 0 Å². The van der Waals surface area contributed by atoms with Gasteiger partial charge in [-0.05, 0) is 26.3 Å². The maximum absolute atomic E-state index is 12.9. The quantitative estimate of drug-likeness (QED) is 0.366. The molecule has 0 unspecified atom stereocenters. The van der Waals surface area contributed by atoms with Crippen molar-refractivity contribution >= 4 is 16.6 Å². The second-order valence-corrected chi connectivity index (χ2v) is 7.03. The second-order valence-electron chi connectivity index (χ2n) is 7.03. The summed E-state index contributed by atoms with van der Waals surface area (Å²) in [4.78, 5) is 23.5. The van der Waals surface area contributed by atoms with Gasteiger partial charge in [0, 0.05) is 24.1 Å². The molecule has 0 aliphatic heterocycles. The molecule has 0 fully saturated rings. The van der Waals surface area contributed by atoms with E-state index in [1.54, 1.807) is 13.8 Å². The minimum Gasteiger partial charge on any atom is -0.504 e. The molecule has 1 aromatic heterocycles. The molecule has 7 heteroatoms. The number of aryl methyl sites for hydroxylation is 1. The fraction of sp³-hybridized carbons (Fsp3) is 0.550. The van der Waals surface area contributed by atoms with Gasteiger partial charge in [-0.25, -0.2) is 0 Å². The molecule has 0 radical (unpaired) electrons. The van der Waals surface area contributed by atoms with Crippen LogP contribution in [0, 0.1) is 10.1 Å². The SMILES string of the molecule is CCCCCCCCn1c(=O)c(OC(C)C)c(O)c2ccc([N+](=O)[O-])cc21. The van der Waals surface area contributed by atoms with Crippen LogP contribution in [0.15, 0.2) is 23.0 Å². The van der Waals surface area contributed by atoms with Gasteiger partial charge < -0.3 is 14.4 Å². The molecule has 7 nitrogen and oxygen atoms in total. The fourth-order valence-corrected chi connectivity index (χ4v) is 3.13. The maximum Gasteiger partial charge on any atom is 0.297 e. The van der Waals surface area contributed by atoms with Gasteiger partial charge in [0.25, 0.3) is 11.2 Å². The van der Waals surface area contributed by atoms with Crippen LogP contribution in [0.25, 0.3) is 10.9 Å². The van der Waals surface area contributed by atoms with E-state index in [9.17, 15) is 20.0 Å². The number of non-ortho nitro benzene ring substituents is 1. The molecule has 0 aliphatic rings. The van der Waals surface area contributed by atoms with E-state index < -0.39 is 10.5 Å². The van der Waals surface area contributed by atoms with Gasteiger partial charge in [-0.1, -0.05) is 39.0 Å². The molecule has 1 heterocycles. The van der Waals surface area contributed by atoms with Crippen molar-refractivity contribution in [2.45, 2.75) is 71.9 Å². The van der Waals surface area contributed by atoms with Crippen LogP contribution in [0.3, 0.4) is 0 Å². The van der Waals surface area contributed by atoms with E-state index in [-0.39, 0.29) is 23.3 Å². The monoisotopic (exact) mass is 376 g/mol. The smallest absolute Gasteiger partial charge is 0.297 e. The molecule has 148 valence electrons. The number of hydrogen-bond acceptors (Lipinski definition) is 5. The number of pyridine rings is 1. The first-order valence-electron chi connectivity index (χ1n) is 9.57. The molecule has 1 aromatic carbocycles. The number of aromatic hydroxyl groups is 1. The van der Waals surface area contributed by atoms with E-state index in [1.807, 2.05) is 0 Å². The van der Waals surface area contributed by atoms with Crippen LogP contribution < -0.4 is 10.3 Å². The predicted octanol–water partition coefficient (Wildman–Crippen LogP) is 4.76. The maximum atomic E-state index is 12.9. The largest absolute Gasteiger partial charge is 0.504 e. The Balaban J connectivity index is 2.44. The van der Waals surface area contributed by atoms with Gasteiger partial charge in [-0.3, -0.25) is 14.9 Å². The van der Waals surface area contributed by atoms with Gasteiger partial charge in [-0.15, -0.1) is 0 Å². The van der Waals surface area contributed by atoms with Crippen molar-refractivity contribution in [3.63, 3.8) is 0 Å². The number of nitro groups is 1. The molecule has 0 saturated heterocycles. The molecule has 0 aliphatic carbocycles. The van der Waals surface area contributed by atoms with Crippen molar-refractivity contribution in [2.24, 2.45) is 0 Å². The van der Waals surface area contributed by atoms with E-state index >= 15 is 0 Å². The summed E-state index contributed by atoms with van der Waals surface area (Å²) in [5.74, 6) is -0.366. The van der Waals surface area contributed by atoms with E-state index in [4.69, 9.17) is 4.74 Å². The molecule has 27 heavy (non-hydrogen) atoms. The molecule has 1 N–H and O–H groups in total. The Morgan fingerprint density at radius 3 is 2.48 bits per heavy atom. The molecule has 0 atom stereocenters. The van der Waals surface area contributed by atoms with E-state index in [1.165, 1.54) is 35.6 Å². The first-order chi connectivity index (χ1) is 12.9. The summed E-state index contributed by atoms with van der Waals surface area (Å²) in [6.45, 7) is 6.14. The second kappa shape index (κ2) is 9.39. The number of benzene rings is 1. The van der Waals surface area contributed by atoms with Gasteiger partial charge in [0.15, 0.2) is 5.75 Å². The molecule has 0 bridgehead atoms. The zero-order valence-corrected chi connectivity index (χ0v) is 16.2. The molecular formula is C20H28N2O5. The number of fused-ring (bicyclic) bond motifs is 1. The zero-order valence-electron chi connectivity index (χ0n) is 16.2. The lowest BCUT2D eigenvalue weighted by atomic mass is 10.1. The standard InChI is InChI=1S/C20H28N2O5/c1-4-5-6-7-8-9-12-21-17-13-15(22(25)26)10-11-16(17)18(23)19(20(21)24)27-14(2)3/h10-11,13-14,23H,4-9,12H2,1-3H3. The highest BCUT2D eigenvalue weighted by atomic mass is 16.6. The van der Waals surface area contributed by atoms with Crippen molar-refractivity contribution in [1.82, 2.24) is 4.57 Å². The third-order valence-electron chi connectivity index (χ3n) is 4.48. The number of ether oxygens (including phenoxy) is 1. The van der Waals surface area contributed by atoms with E-state index in [0.29, 0.717) is 17.4 Å². The summed E-state index contributed by atoms with van der Waals surface area (Å²) in [6.07, 6.45) is 6.10. The van der Waals surface area contributed by atoms with E-state index in [0.717, 1.165) is 25.7 Å². The predicted molar refractivity (Wildman–Crippen MR) is 106 cm³/mol. The zero-order chi connectivity index (χ0) is 20.0. The number of aromatic nitrogens is 1. The minimum absolute atomic E-state index is 0.0997. The highest BCUT2D eigenvalue weighted by Gasteiger charge is 2.20. The van der Waals surface area contributed by atoms with Gasteiger partial charge in [-0.2, -0.15) is 0 Å². The average Bonchev–Trinajstić information content (AvgIpc) is 2.63. The number of rotatable bonds is 10. The fourth-order valence-electron chi connectivity index (χ4n) is 3.13. The lowest BCUT2D eigenvalue weighted by Gasteiger charge is -2.17. The summed E-state index contributed by atoms with van der Waals surface area (Å²) < 4.78 is 7.03.